The number of carboxylic acid groups (broad SMARTS) is 1. The zero-order chi connectivity index (χ0) is 19.6. The topological polar surface area (TPSA) is 113 Å². The molecular formula is C19H33NaO7. The van der Waals surface area contributed by atoms with Gasteiger partial charge in [-0.2, -0.15) is 0 Å². The summed E-state index contributed by atoms with van der Waals surface area (Å²) in [5.41, 5.74) is 0. The second-order valence-corrected chi connectivity index (χ2v) is 6.47. The number of rotatable bonds is 17. The van der Waals surface area contributed by atoms with Gasteiger partial charge < -0.3 is 24.5 Å². The maximum Gasteiger partial charge on any atom is 1.00 e. The molecule has 1 atom stereocenters. The third-order valence-corrected chi connectivity index (χ3v) is 3.89. The summed E-state index contributed by atoms with van der Waals surface area (Å²) >= 11 is 0. The van der Waals surface area contributed by atoms with E-state index >= 15 is 0 Å². The molecule has 0 fully saturated rings. The Morgan fingerprint density at radius 1 is 0.778 bits per heavy atom. The van der Waals surface area contributed by atoms with Gasteiger partial charge in [0, 0.05) is 12.4 Å². The Morgan fingerprint density at radius 2 is 1.22 bits per heavy atom. The van der Waals surface area contributed by atoms with E-state index in [-0.39, 0.29) is 55.2 Å². The van der Waals surface area contributed by atoms with Gasteiger partial charge in [-0.25, -0.2) is 0 Å². The van der Waals surface area contributed by atoms with Crippen molar-refractivity contribution in [3.8, 4) is 0 Å². The molecule has 0 aliphatic carbocycles. The standard InChI is InChI=1S/C19H34O7.Na/c1-2-3-4-5-6-7-8-9-10-11-18(23)25-14-16(20)15-26-19(24)13-12-17(21)22;/h16,20H,2-15H2,1H3,(H,21,22);/q;+1/p-1. The van der Waals surface area contributed by atoms with Crippen LogP contribution in [-0.4, -0.2) is 42.3 Å². The van der Waals surface area contributed by atoms with Crippen LogP contribution in [0.4, 0.5) is 0 Å². The minimum atomic E-state index is -1.34. The van der Waals surface area contributed by atoms with Gasteiger partial charge in [-0.05, 0) is 12.8 Å². The van der Waals surface area contributed by atoms with Crippen LogP contribution >= 0.6 is 0 Å². The van der Waals surface area contributed by atoms with Crippen molar-refractivity contribution in [3.63, 3.8) is 0 Å². The summed E-state index contributed by atoms with van der Waals surface area (Å²) < 4.78 is 9.60. The van der Waals surface area contributed by atoms with Crippen LogP contribution in [0.5, 0.6) is 0 Å². The molecule has 0 amide bonds. The number of ether oxygens (including phenoxy) is 2. The van der Waals surface area contributed by atoms with Crippen molar-refractivity contribution >= 4 is 17.9 Å². The molecule has 152 valence electrons. The number of carboxylic acids is 1. The molecule has 0 aliphatic heterocycles. The predicted molar refractivity (Wildman–Crippen MR) is 94.0 cm³/mol. The summed E-state index contributed by atoms with van der Waals surface area (Å²) in [4.78, 5) is 32.9. The van der Waals surface area contributed by atoms with Crippen molar-refractivity contribution in [1.29, 1.82) is 0 Å². The molecule has 0 aromatic heterocycles. The van der Waals surface area contributed by atoms with Crippen molar-refractivity contribution < 1.29 is 63.6 Å². The van der Waals surface area contributed by atoms with E-state index in [1.807, 2.05) is 0 Å². The first-order valence-electron chi connectivity index (χ1n) is 9.64. The van der Waals surface area contributed by atoms with Crippen LogP contribution < -0.4 is 34.7 Å². The number of aliphatic hydroxyl groups excluding tert-OH is 1. The fourth-order valence-corrected chi connectivity index (χ4v) is 2.35. The van der Waals surface area contributed by atoms with Crippen molar-refractivity contribution in [2.75, 3.05) is 13.2 Å². The maximum absolute atomic E-state index is 11.6. The van der Waals surface area contributed by atoms with E-state index in [9.17, 15) is 24.6 Å². The molecule has 0 rings (SSSR count). The molecule has 0 spiro atoms. The summed E-state index contributed by atoms with van der Waals surface area (Å²) in [5.74, 6) is -2.46. The molecule has 7 nitrogen and oxygen atoms in total. The number of hydrogen-bond acceptors (Lipinski definition) is 7. The fourth-order valence-electron chi connectivity index (χ4n) is 2.35. The molecule has 0 heterocycles. The van der Waals surface area contributed by atoms with Gasteiger partial charge >= 0.3 is 41.5 Å². The van der Waals surface area contributed by atoms with Crippen LogP contribution in [0.3, 0.4) is 0 Å². The number of aliphatic carboxylic acids is 1. The first kappa shape index (κ1) is 28.6. The number of unbranched alkanes of at least 4 members (excludes halogenated alkanes) is 8. The first-order chi connectivity index (χ1) is 12.5. The van der Waals surface area contributed by atoms with Crippen LogP contribution in [0.25, 0.3) is 0 Å². The zero-order valence-corrected chi connectivity index (χ0v) is 18.9. The molecule has 0 aromatic rings. The molecule has 0 bridgehead atoms. The largest absolute Gasteiger partial charge is 1.00 e. The summed E-state index contributed by atoms with van der Waals surface area (Å²) in [6.07, 6.45) is 8.91. The van der Waals surface area contributed by atoms with Gasteiger partial charge in [-0.15, -0.1) is 0 Å². The van der Waals surface area contributed by atoms with E-state index in [0.717, 1.165) is 19.3 Å². The zero-order valence-electron chi connectivity index (χ0n) is 16.9. The van der Waals surface area contributed by atoms with Gasteiger partial charge in [0.25, 0.3) is 0 Å². The Morgan fingerprint density at radius 3 is 1.70 bits per heavy atom. The number of hydrogen-bond donors (Lipinski definition) is 1. The van der Waals surface area contributed by atoms with E-state index in [1.54, 1.807) is 0 Å². The molecule has 27 heavy (non-hydrogen) atoms. The Hall–Kier alpha value is -0.630. The average Bonchev–Trinajstić information content (AvgIpc) is 2.61. The van der Waals surface area contributed by atoms with Gasteiger partial charge in [-0.1, -0.05) is 58.3 Å². The molecule has 8 heteroatoms. The van der Waals surface area contributed by atoms with Crippen molar-refractivity contribution in [3.05, 3.63) is 0 Å². The third-order valence-electron chi connectivity index (χ3n) is 3.89. The minimum absolute atomic E-state index is 0. The molecule has 0 saturated heterocycles. The van der Waals surface area contributed by atoms with Crippen LogP contribution in [-0.2, 0) is 23.9 Å². The Labute approximate surface area is 184 Å². The summed E-state index contributed by atoms with van der Waals surface area (Å²) in [7, 11) is 0. The SMILES string of the molecule is CCCCCCCCCCCC(=O)OCC(O)COC(=O)CCC(=O)[O-].[Na+]. The van der Waals surface area contributed by atoms with Crippen LogP contribution in [0.15, 0.2) is 0 Å². The smallest absolute Gasteiger partial charge is 0.550 e. The molecule has 1 unspecified atom stereocenters. The van der Waals surface area contributed by atoms with Crippen LogP contribution in [0.1, 0.15) is 84.0 Å². The van der Waals surface area contributed by atoms with Crippen LogP contribution in [0.2, 0.25) is 0 Å². The number of esters is 2. The Balaban J connectivity index is 0. The van der Waals surface area contributed by atoms with E-state index in [4.69, 9.17) is 4.74 Å². The predicted octanol–water partition coefficient (Wildman–Crippen LogP) is -1.11. The fraction of sp³-hybridized carbons (Fsp3) is 0.842. The minimum Gasteiger partial charge on any atom is -0.550 e. The Kier molecular flexibility index (Phi) is 21.3. The molecule has 0 saturated carbocycles. The van der Waals surface area contributed by atoms with E-state index in [1.165, 1.54) is 38.5 Å². The number of aliphatic hydroxyl groups is 1. The van der Waals surface area contributed by atoms with Gasteiger partial charge in [0.15, 0.2) is 0 Å². The van der Waals surface area contributed by atoms with E-state index in [2.05, 4.69) is 11.7 Å². The van der Waals surface area contributed by atoms with Crippen molar-refractivity contribution in [1.82, 2.24) is 0 Å². The molecule has 0 aliphatic rings. The second kappa shape index (κ2) is 20.1. The Bertz CT molecular complexity index is 402. The monoisotopic (exact) mass is 396 g/mol. The average molecular weight is 396 g/mol. The van der Waals surface area contributed by atoms with Gasteiger partial charge in [0.05, 0.1) is 6.42 Å². The first-order valence-corrected chi connectivity index (χ1v) is 9.64. The second-order valence-electron chi connectivity index (χ2n) is 6.47. The molecule has 0 radical (unpaired) electrons. The van der Waals surface area contributed by atoms with E-state index in [0.29, 0.717) is 6.42 Å². The van der Waals surface area contributed by atoms with Gasteiger partial charge in [-0.3, -0.25) is 9.59 Å². The maximum atomic E-state index is 11.6. The van der Waals surface area contributed by atoms with Crippen LogP contribution in [0, 0.1) is 0 Å². The third kappa shape index (κ3) is 21.5. The number of carbonyl (C=O) groups excluding carboxylic acids is 3. The molecule has 0 aromatic carbocycles. The van der Waals surface area contributed by atoms with E-state index < -0.39 is 24.5 Å². The molecule has 1 N–H and O–H groups in total. The summed E-state index contributed by atoms with van der Waals surface area (Å²) in [6, 6.07) is 0. The van der Waals surface area contributed by atoms with Crippen molar-refractivity contribution in [2.24, 2.45) is 0 Å². The van der Waals surface area contributed by atoms with Gasteiger partial charge in [0.1, 0.15) is 19.3 Å². The van der Waals surface area contributed by atoms with Gasteiger partial charge in [0.2, 0.25) is 0 Å². The summed E-state index contributed by atoms with van der Waals surface area (Å²) in [5, 5.41) is 19.8. The normalized spacial score (nSPS) is 11.3. The summed E-state index contributed by atoms with van der Waals surface area (Å²) in [6.45, 7) is 1.62. The quantitative estimate of drug-likeness (QED) is 0.188. The van der Waals surface area contributed by atoms with Crippen molar-refractivity contribution in [2.45, 2.75) is 90.1 Å². The molecular weight excluding hydrogens is 363 g/mol. The number of carbonyl (C=O) groups is 3.